The molecule has 0 saturated heterocycles. The Hall–Kier alpha value is -1.26. The second-order valence-electron chi connectivity index (χ2n) is 4.38. The Labute approximate surface area is 105 Å². The number of hydrogen-bond donors (Lipinski definition) is 1. The molecule has 1 heteroatoms. The molecular weight excluding hydrogens is 206 g/mol. The summed E-state index contributed by atoms with van der Waals surface area (Å²) in [7, 11) is 0. The van der Waals surface area contributed by atoms with Crippen molar-refractivity contribution in [3.63, 3.8) is 0 Å². The van der Waals surface area contributed by atoms with Crippen molar-refractivity contribution in [1.82, 2.24) is 0 Å². The summed E-state index contributed by atoms with van der Waals surface area (Å²) in [6.45, 7) is 5.14. The topological polar surface area (TPSA) is 26.0 Å². The van der Waals surface area contributed by atoms with Gasteiger partial charge < -0.3 is 5.73 Å². The monoisotopic (exact) mass is 229 g/mol. The Morgan fingerprint density at radius 3 is 2.65 bits per heavy atom. The van der Waals surface area contributed by atoms with E-state index in [1.165, 1.54) is 5.56 Å². The zero-order valence-corrected chi connectivity index (χ0v) is 11.0. The van der Waals surface area contributed by atoms with Gasteiger partial charge in [0.1, 0.15) is 0 Å². The number of rotatable bonds is 5. The first-order chi connectivity index (χ1) is 8.30. The Morgan fingerprint density at radius 2 is 2.00 bits per heavy atom. The van der Waals surface area contributed by atoms with E-state index < -0.39 is 0 Å². The van der Waals surface area contributed by atoms with Gasteiger partial charge in [0, 0.05) is 11.5 Å². The van der Waals surface area contributed by atoms with Gasteiger partial charge in [-0.3, -0.25) is 0 Å². The summed E-state index contributed by atoms with van der Waals surface area (Å²) in [6, 6.07) is 8.51. The highest BCUT2D eigenvalue weighted by Gasteiger charge is 1.97. The molecule has 0 spiro atoms. The second-order valence-corrected chi connectivity index (χ2v) is 4.38. The highest BCUT2D eigenvalue weighted by atomic mass is 14.5. The largest absolute Gasteiger partial charge is 0.330 e. The van der Waals surface area contributed by atoms with Crippen molar-refractivity contribution in [3.05, 3.63) is 35.4 Å². The van der Waals surface area contributed by atoms with Gasteiger partial charge in [0.2, 0.25) is 0 Å². The van der Waals surface area contributed by atoms with Crippen molar-refractivity contribution in [2.45, 2.75) is 39.5 Å². The lowest BCUT2D eigenvalue weighted by Crippen LogP contribution is -2.00. The minimum atomic E-state index is 0.530. The summed E-state index contributed by atoms with van der Waals surface area (Å²) < 4.78 is 0. The lowest BCUT2D eigenvalue weighted by atomic mass is 10.0. The van der Waals surface area contributed by atoms with Gasteiger partial charge in [0.15, 0.2) is 0 Å². The minimum Gasteiger partial charge on any atom is -0.330 e. The van der Waals surface area contributed by atoms with Gasteiger partial charge in [-0.1, -0.05) is 37.8 Å². The molecule has 0 aromatic heterocycles. The molecule has 0 radical (unpaired) electrons. The molecule has 1 rings (SSSR count). The molecule has 92 valence electrons. The van der Waals surface area contributed by atoms with Crippen molar-refractivity contribution in [2.24, 2.45) is 11.7 Å². The van der Waals surface area contributed by atoms with Crippen LogP contribution in [0.2, 0.25) is 0 Å². The molecule has 0 saturated carbocycles. The average molecular weight is 229 g/mol. The normalized spacial score (nSPS) is 10.1. The Balaban J connectivity index is 2.70. The van der Waals surface area contributed by atoms with E-state index in [4.69, 9.17) is 5.73 Å². The second kappa shape index (κ2) is 7.92. The Bertz CT molecular complexity index is 380. The molecule has 0 unspecified atom stereocenters. The van der Waals surface area contributed by atoms with E-state index in [1.54, 1.807) is 0 Å². The summed E-state index contributed by atoms with van der Waals surface area (Å²) in [5.41, 5.74) is 7.99. The van der Waals surface area contributed by atoms with E-state index in [9.17, 15) is 0 Å². The molecule has 2 N–H and O–H groups in total. The molecule has 0 heterocycles. The third kappa shape index (κ3) is 5.06. The van der Waals surface area contributed by atoms with Crippen LogP contribution < -0.4 is 5.73 Å². The average Bonchev–Trinajstić information content (AvgIpc) is 2.38. The van der Waals surface area contributed by atoms with Crippen LogP contribution >= 0.6 is 0 Å². The zero-order valence-electron chi connectivity index (χ0n) is 11.0. The fourth-order valence-corrected chi connectivity index (χ4v) is 1.79. The fourth-order valence-electron chi connectivity index (χ4n) is 1.79. The lowest BCUT2D eigenvalue weighted by molar-refractivity contribution is 0.627. The summed E-state index contributed by atoms with van der Waals surface area (Å²) in [4.78, 5) is 0. The van der Waals surface area contributed by atoms with Gasteiger partial charge in [-0.15, -0.1) is 0 Å². The Kier molecular flexibility index (Phi) is 6.43. The summed E-state index contributed by atoms with van der Waals surface area (Å²) in [6.07, 6.45) is 4.37. The van der Waals surface area contributed by atoms with E-state index in [0.29, 0.717) is 5.92 Å². The van der Waals surface area contributed by atoms with Crippen LogP contribution in [0.3, 0.4) is 0 Å². The molecule has 0 amide bonds. The number of aryl methyl sites for hydroxylation is 1. The van der Waals surface area contributed by atoms with Crippen LogP contribution in [-0.4, -0.2) is 6.54 Å². The van der Waals surface area contributed by atoms with Crippen LogP contribution in [0.15, 0.2) is 24.3 Å². The van der Waals surface area contributed by atoms with Crippen molar-refractivity contribution < 1.29 is 0 Å². The number of benzene rings is 1. The molecule has 0 aliphatic carbocycles. The van der Waals surface area contributed by atoms with Crippen LogP contribution in [0.25, 0.3) is 0 Å². The first-order valence-electron chi connectivity index (χ1n) is 6.60. The SMILES string of the molecule is CCC(C#Cc1cccc(CCCN)c1)CC. The van der Waals surface area contributed by atoms with Crippen molar-refractivity contribution in [1.29, 1.82) is 0 Å². The molecule has 0 aliphatic heterocycles. The molecule has 0 atom stereocenters. The van der Waals surface area contributed by atoms with Crippen LogP contribution in [-0.2, 0) is 6.42 Å². The fraction of sp³-hybridized carbons (Fsp3) is 0.500. The first-order valence-corrected chi connectivity index (χ1v) is 6.60. The number of nitrogens with two attached hydrogens (primary N) is 1. The van der Waals surface area contributed by atoms with Crippen LogP contribution in [0.1, 0.15) is 44.2 Å². The molecule has 1 aromatic carbocycles. The van der Waals surface area contributed by atoms with E-state index >= 15 is 0 Å². The van der Waals surface area contributed by atoms with E-state index in [0.717, 1.165) is 37.8 Å². The molecule has 0 aliphatic rings. The predicted molar refractivity (Wildman–Crippen MR) is 74.8 cm³/mol. The van der Waals surface area contributed by atoms with Crippen molar-refractivity contribution in [2.75, 3.05) is 6.54 Å². The summed E-state index contributed by atoms with van der Waals surface area (Å²) in [5, 5.41) is 0. The molecular formula is C16H23N. The quantitative estimate of drug-likeness (QED) is 0.770. The van der Waals surface area contributed by atoms with E-state index in [1.807, 2.05) is 0 Å². The van der Waals surface area contributed by atoms with E-state index in [-0.39, 0.29) is 0 Å². The molecule has 1 nitrogen and oxygen atoms in total. The Morgan fingerprint density at radius 1 is 1.24 bits per heavy atom. The number of hydrogen-bond acceptors (Lipinski definition) is 1. The standard InChI is InChI=1S/C16H23N/c1-3-14(4-2)10-11-16-8-5-7-15(13-16)9-6-12-17/h5,7-8,13-14H,3-4,6,9,12,17H2,1-2H3. The first kappa shape index (κ1) is 13.8. The van der Waals surface area contributed by atoms with Gasteiger partial charge in [0.25, 0.3) is 0 Å². The highest BCUT2D eigenvalue weighted by Crippen LogP contribution is 2.08. The van der Waals surface area contributed by atoms with E-state index in [2.05, 4.69) is 50.0 Å². The summed E-state index contributed by atoms with van der Waals surface area (Å²) >= 11 is 0. The van der Waals surface area contributed by atoms with Crippen LogP contribution in [0.4, 0.5) is 0 Å². The third-order valence-electron chi connectivity index (χ3n) is 3.00. The van der Waals surface area contributed by atoms with Crippen molar-refractivity contribution in [3.8, 4) is 11.8 Å². The van der Waals surface area contributed by atoms with Crippen molar-refractivity contribution >= 4 is 0 Å². The maximum absolute atomic E-state index is 5.52. The maximum atomic E-state index is 5.52. The van der Waals surface area contributed by atoms with Crippen LogP contribution in [0.5, 0.6) is 0 Å². The van der Waals surface area contributed by atoms with Gasteiger partial charge in [-0.05, 0) is 49.9 Å². The minimum absolute atomic E-state index is 0.530. The van der Waals surface area contributed by atoms with Crippen LogP contribution in [0, 0.1) is 17.8 Å². The zero-order chi connectivity index (χ0) is 12.5. The smallest absolute Gasteiger partial charge is 0.0248 e. The predicted octanol–water partition coefficient (Wildman–Crippen LogP) is 3.37. The molecule has 17 heavy (non-hydrogen) atoms. The maximum Gasteiger partial charge on any atom is 0.0248 e. The lowest BCUT2D eigenvalue weighted by Gasteiger charge is -2.02. The van der Waals surface area contributed by atoms with Gasteiger partial charge in [0.05, 0.1) is 0 Å². The highest BCUT2D eigenvalue weighted by molar-refractivity contribution is 5.37. The van der Waals surface area contributed by atoms with Gasteiger partial charge in [-0.2, -0.15) is 0 Å². The molecule has 0 bridgehead atoms. The van der Waals surface area contributed by atoms with Gasteiger partial charge in [-0.25, -0.2) is 0 Å². The molecule has 1 aromatic rings. The third-order valence-corrected chi connectivity index (χ3v) is 3.00. The summed E-state index contributed by atoms with van der Waals surface area (Å²) in [5.74, 6) is 7.16. The molecule has 0 fully saturated rings. The van der Waals surface area contributed by atoms with Gasteiger partial charge >= 0.3 is 0 Å².